The van der Waals surface area contributed by atoms with Crippen LogP contribution in [0.2, 0.25) is 0 Å². The van der Waals surface area contributed by atoms with Crippen molar-refractivity contribution < 1.29 is 18.7 Å². The number of ether oxygens (including phenoxy) is 1. The van der Waals surface area contributed by atoms with Gasteiger partial charge in [0.25, 0.3) is 5.91 Å². The SMILES string of the molecule is COCCNCC(=O)Nc1cccc(NC(=O)c2ccco2)c1. The Morgan fingerprint density at radius 1 is 1.13 bits per heavy atom. The Morgan fingerprint density at radius 2 is 1.91 bits per heavy atom. The van der Waals surface area contributed by atoms with E-state index in [1.165, 1.54) is 6.26 Å². The number of methoxy groups -OCH3 is 1. The van der Waals surface area contributed by atoms with Crippen molar-refractivity contribution in [1.82, 2.24) is 5.32 Å². The predicted octanol–water partition coefficient (Wildman–Crippen LogP) is 1.71. The fourth-order valence-corrected chi connectivity index (χ4v) is 1.86. The third-order valence-corrected chi connectivity index (χ3v) is 2.92. The van der Waals surface area contributed by atoms with E-state index in [1.54, 1.807) is 43.5 Å². The largest absolute Gasteiger partial charge is 0.459 e. The molecule has 0 aliphatic heterocycles. The average molecular weight is 317 g/mol. The number of furan rings is 1. The summed E-state index contributed by atoms with van der Waals surface area (Å²) in [4.78, 5) is 23.7. The molecule has 1 heterocycles. The molecule has 3 N–H and O–H groups in total. The Kier molecular flexibility index (Phi) is 6.34. The summed E-state index contributed by atoms with van der Waals surface area (Å²) in [6, 6.07) is 10.1. The molecule has 1 aromatic carbocycles. The maximum atomic E-state index is 11.9. The lowest BCUT2D eigenvalue weighted by Crippen LogP contribution is -2.30. The monoisotopic (exact) mass is 317 g/mol. The molecule has 2 rings (SSSR count). The maximum absolute atomic E-state index is 11.9. The van der Waals surface area contributed by atoms with Gasteiger partial charge in [0, 0.05) is 25.0 Å². The molecule has 1 aromatic heterocycles. The molecule has 0 bridgehead atoms. The molecule has 2 amide bonds. The second-order valence-electron chi connectivity index (χ2n) is 4.73. The van der Waals surface area contributed by atoms with Gasteiger partial charge in [-0.1, -0.05) is 6.07 Å². The number of hydrogen-bond acceptors (Lipinski definition) is 5. The van der Waals surface area contributed by atoms with Crippen LogP contribution in [0.1, 0.15) is 10.6 Å². The van der Waals surface area contributed by atoms with E-state index in [4.69, 9.17) is 9.15 Å². The van der Waals surface area contributed by atoms with Crippen LogP contribution < -0.4 is 16.0 Å². The number of anilines is 2. The van der Waals surface area contributed by atoms with Gasteiger partial charge in [-0.25, -0.2) is 0 Å². The molecule has 122 valence electrons. The van der Waals surface area contributed by atoms with Gasteiger partial charge in [-0.3, -0.25) is 9.59 Å². The summed E-state index contributed by atoms with van der Waals surface area (Å²) in [7, 11) is 1.60. The average Bonchev–Trinajstić information content (AvgIpc) is 3.06. The lowest BCUT2D eigenvalue weighted by molar-refractivity contribution is -0.115. The van der Waals surface area contributed by atoms with Crippen molar-refractivity contribution in [2.75, 3.05) is 37.4 Å². The van der Waals surface area contributed by atoms with Crippen molar-refractivity contribution in [1.29, 1.82) is 0 Å². The molecule has 2 aromatic rings. The standard InChI is InChI=1S/C16H19N3O4/c1-22-9-7-17-11-15(20)18-12-4-2-5-13(10-12)19-16(21)14-6-3-8-23-14/h2-6,8,10,17H,7,9,11H2,1H3,(H,18,20)(H,19,21). The van der Waals surface area contributed by atoms with Crippen molar-refractivity contribution in [2.24, 2.45) is 0 Å². The van der Waals surface area contributed by atoms with Gasteiger partial charge < -0.3 is 25.1 Å². The van der Waals surface area contributed by atoms with E-state index in [-0.39, 0.29) is 24.1 Å². The first kappa shape index (κ1) is 16.7. The molecule has 23 heavy (non-hydrogen) atoms. The molecular weight excluding hydrogens is 298 g/mol. The molecule has 0 spiro atoms. The second-order valence-corrected chi connectivity index (χ2v) is 4.73. The lowest BCUT2D eigenvalue weighted by Gasteiger charge is -2.09. The Labute approximate surface area is 134 Å². The predicted molar refractivity (Wildman–Crippen MR) is 86.5 cm³/mol. The van der Waals surface area contributed by atoms with E-state index in [1.807, 2.05) is 0 Å². The van der Waals surface area contributed by atoms with Crippen LogP contribution in [0.25, 0.3) is 0 Å². The highest BCUT2D eigenvalue weighted by atomic mass is 16.5. The van der Waals surface area contributed by atoms with Crippen LogP contribution in [0.5, 0.6) is 0 Å². The zero-order chi connectivity index (χ0) is 16.5. The Bertz CT molecular complexity index is 641. The van der Waals surface area contributed by atoms with Crippen molar-refractivity contribution in [2.45, 2.75) is 0 Å². The zero-order valence-electron chi connectivity index (χ0n) is 12.8. The van der Waals surface area contributed by atoms with E-state index in [2.05, 4.69) is 16.0 Å². The molecular formula is C16H19N3O4. The lowest BCUT2D eigenvalue weighted by atomic mass is 10.2. The van der Waals surface area contributed by atoms with Crippen LogP contribution in [-0.2, 0) is 9.53 Å². The van der Waals surface area contributed by atoms with Gasteiger partial charge in [-0.15, -0.1) is 0 Å². The van der Waals surface area contributed by atoms with Crippen LogP contribution in [0.15, 0.2) is 47.1 Å². The smallest absolute Gasteiger partial charge is 0.291 e. The van der Waals surface area contributed by atoms with Gasteiger partial charge in [0.2, 0.25) is 5.91 Å². The minimum absolute atomic E-state index is 0.171. The molecule has 0 aliphatic rings. The van der Waals surface area contributed by atoms with Crippen molar-refractivity contribution in [3.05, 3.63) is 48.4 Å². The number of nitrogens with one attached hydrogen (secondary N) is 3. The van der Waals surface area contributed by atoms with E-state index in [9.17, 15) is 9.59 Å². The quantitative estimate of drug-likeness (QED) is 0.645. The first-order valence-corrected chi connectivity index (χ1v) is 7.13. The summed E-state index contributed by atoms with van der Waals surface area (Å²) < 4.78 is 9.91. The molecule has 0 unspecified atom stereocenters. The molecule has 0 aliphatic carbocycles. The molecule has 0 saturated carbocycles. The minimum atomic E-state index is -0.347. The second kappa shape index (κ2) is 8.72. The molecule has 0 radical (unpaired) electrons. The maximum Gasteiger partial charge on any atom is 0.291 e. The first-order valence-electron chi connectivity index (χ1n) is 7.13. The Balaban J connectivity index is 1.87. The van der Waals surface area contributed by atoms with Gasteiger partial charge >= 0.3 is 0 Å². The highest BCUT2D eigenvalue weighted by Gasteiger charge is 2.09. The molecule has 0 atom stereocenters. The van der Waals surface area contributed by atoms with E-state index in [0.29, 0.717) is 24.5 Å². The topological polar surface area (TPSA) is 92.6 Å². The van der Waals surface area contributed by atoms with Crippen LogP contribution in [-0.4, -0.2) is 38.6 Å². The number of benzene rings is 1. The van der Waals surface area contributed by atoms with Crippen molar-refractivity contribution >= 4 is 23.2 Å². The van der Waals surface area contributed by atoms with Gasteiger partial charge in [0.1, 0.15) is 0 Å². The normalized spacial score (nSPS) is 10.3. The highest BCUT2D eigenvalue weighted by molar-refractivity contribution is 6.02. The fraction of sp³-hybridized carbons (Fsp3) is 0.250. The summed E-state index contributed by atoms with van der Waals surface area (Å²) in [6.45, 7) is 1.33. The highest BCUT2D eigenvalue weighted by Crippen LogP contribution is 2.16. The van der Waals surface area contributed by atoms with E-state index in [0.717, 1.165) is 0 Å². The minimum Gasteiger partial charge on any atom is -0.459 e. The number of amides is 2. The van der Waals surface area contributed by atoms with Crippen LogP contribution in [0.3, 0.4) is 0 Å². The van der Waals surface area contributed by atoms with Gasteiger partial charge in [0.15, 0.2) is 5.76 Å². The number of carbonyl (C=O) groups excluding carboxylic acids is 2. The fourth-order valence-electron chi connectivity index (χ4n) is 1.86. The summed E-state index contributed by atoms with van der Waals surface area (Å²) in [5.41, 5.74) is 1.16. The molecule has 7 nitrogen and oxygen atoms in total. The van der Waals surface area contributed by atoms with Crippen LogP contribution >= 0.6 is 0 Å². The third-order valence-electron chi connectivity index (χ3n) is 2.92. The van der Waals surface area contributed by atoms with Crippen molar-refractivity contribution in [3.63, 3.8) is 0 Å². The number of hydrogen-bond donors (Lipinski definition) is 3. The van der Waals surface area contributed by atoms with Crippen LogP contribution in [0.4, 0.5) is 11.4 Å². The van der Waals surface area contributed by atoms with Crippen molar-refractivity contribution in [3.8, 4) is 0 Å². The zero-order valence-corrected chi connectivity index (χ0v) is 12.8. The summed E-state index contributed by atoms with van der Waals surface area (Å²) in [5.74, 6) is -0.294. The van der Waals surface area contributed by atoms with Gasteiger partial charge in [0.05, 0.1) is 19.4 Å². The van der Waals surface area contributed by atoms with Gasteiger partial charge in [-0.2, -0.15) is 0 Å². The Morgan fingerprint density at radius 3 is 2.61 bits per heavy atom. The van der Waals surface area contributed by atoms with E-state index < -0.39 is 0 Å². The number of rotatable bonds is 8. The van der Waals surface area contributed by atoms with Crippen LogP contribution in [0, 0.1) is 0 Å². The summed E-state index contributed by atoms with van der Waals surface area (Å²) in [6.07, 6.45) is 1.43. The summed E-state index contributed by atoms with van der Waals surface area (Å²) >= 11 is 0. The summed E-state index contributed by atoms with van der Waals surface area (Å²) in [5, 5.41) is 8.40. The molecule has 7 heteroatoms. The Hall–Kier alpha value is -2.64. The molecule has 0 fully saturated rings. The first-order chi connectivity index (χ1) is 11.2. The third kappa shape index (κ3) is 5.57. The van der Waals surface area contributed by atoms with Gasteiger partial charge in [-0.05, 0) is 30.3 Å². The van der Waals surface area contributed by atoms with E-state index >= 15 is 0 Å². The number of carbonyl (C=O) groups is 2. The molecule has 0 saturated heterocycles.